The average Bonchev–Trinajstić information content (AvgIpc) is 3.17. The summed E-state index contributed by atoms with van der Waals surface area (Å²) in [5, 5.41) is 12.1. The molecule has 3 heterocycles. The number of amides is 2. The highest BCUT2D eigenvalue weighted by Gasteiger charge is 2.51. The van der Waals surface area contributed by atoms with Crippen LogP contribution < -0.4 is 15.8 Å². The molecule has 3 aliphatic rings. The molecule has 4 rings (SSSR count). The quantitative estimate of drug-likeness (QED) is 0.337. The van der Waals surface area contributed by atoms with Crippen LogP contribution in [0.15, 0.2) is 47.2 Å². The van der Waals surface area contributed by atoms with Crippen molar-refractivity contribution in [1.29, 1.82) is 5.41 Å². The molecule has 40 heavy (non-hydrogen) atoms. The molecule has 1 aromatic carbocycles. The van der Waals surface area contributed by atoms with Crippen LogP contribution >= 0.6 is 0 Å². The fraction of sp³-hybridized carbons (Fsp3) is 0.581. The molecule has 0 aromatic heterocycles. The van der Waals surface area contributed by atoms with E-state index in [1.165, 1.54) is 4.90 Å². The number of ether oxygens (including phenoxy) is 3. The van der Waals surface area contributed by atoms with E-state index in [-0.39, 0.29) is 42.5 Å². The second-order valence-corrected chi connectivity index (χ2v) is 12.3. The second kappa shape index (κ2) is 10.6. The van der Waals surface area contributed by atoms with Gasteiger partial charge in [-0.3, -0.25) is 19.9 Å². The van der Waals surface area contributed by atoms with Crippen LogP contribution in [0.25, 0.3) is 0 Å². The summed E-state index contributed by atoms with van der Waals surface area (Å²) in [6.07, 6.45) is 3.02. The second-order valence-electron chi connectivity index (χ2n) is 12.3. The number of para-hydroxylation sites is 1. The Labute approximate surface area is 237 Å². The molecule has 2 fully saturated rings. The lowest BCUT2D eigenvalue weighted by Crippen LogP contribution is -2.66. The molecule has 2 saturated heterocycles. The predicted molar refractivity (Wildman–Crippen MR) is 154 cm³/mol. The van der Waals surface area contributed by atoms with Gasteiger partial charge in [-0.15, -0.1) is 0 Å². The first-order chi connectivity index (χ1) is 18.7. The maximum absolute atomic E-state index is 13.5. The molecule has 0 unspecified atom stereocenters. The van der Waals surface area contributed by atoms with Crippen LogP contribution in [0.2, 0.25) is 0 Å². The number of allylic oxidation sites excluding steroid dienone is 1. The largest absolute Gasteiger partial charge is 0.489 e. The standard InChI is InChI=1S/C31H44N4O5/c1-9-31(10-2)16-24(36)35(28(33)34-31)25-20(17-38-29(25,5)6)15-22(27(32)37)19(4)39-26-18(3)21-13-11-12-14-23(21)40-30(26,7)8/h11-15,18,25-26H,9-10,16-17H2,1-8H3,(H2,32,37)(H2,33,34)/b20-15+,22-19-/t18-,25+,26+/m1/s1. The van der Waals surface area contributed by atoms with E-state index in [4.69, 9.17) is 25.4 Å². The molecular weight excluding hydrogens is 508 g/mol. The molecule has 0 spiro atoms. The Morgan fingerprint density at radius 1 is 1.20 bits per heavy atom. The molecule has 0 aliphatic carbocycles. The predicted octanol–water partition coefficient (Wildman–Crippen LogP) is 4.52. The number of hydrogen-bond acceptors (Lipinski definition) is 6. The Kier molecular flexibility index (Phi) is 7.84. The SMILES string of the molecule is CCC1(CC)CC(=O)N([C@H]2/C(=C/C(C(N)=O)=C(\C)O[C@H]3[C@H](C)c4ccccc4OC3(C)C)COC2(C)C)C(=N)N1. The number of benzene rings is 1. The van der Waals surface area contributed by atoms with Gasteiger partial charge in [-0.2, -0.15) is 0 Å². The highest BCUT2D eigenvalue weighted by Crippen LogP contribution is 2.43. The van der Waals surface area contributed by atoms with Gasteiger partial charge in [0.1, 0.15) is 23.2 Å². The van der Waals surface area contributed by atoms with E-state index in [0.717, 1.165) is 24.2 Å². The van der Waals surface area contributed by atoms with Crippen molar-refractivity contribution < 1.29 is 23.8 Å². The third kappa shape index (κ3) is 5.23. The molecule has 4 N–H and O–H groups in total. The number of hydrogen-bond donors (Lipinski definition) is 3. The van der Waals surface area contributed by atoms with Crippen molar-refractivity contribution in [1.82, 2.24) is 10.2 Å². The number of nitrogens with zero attached hydrogens (tertiary/aromatic N) is 1. The molecule has 9 nitrogen and oxygen atoms in total. The van der Waals surface area contributed by atoms with Gasteiger partial charge in [0.2, 0.25) is 5.91 Å². The van der Waals surface area contributed by atoms with Gasteiger partial charge in [0.05, 0.1) is 30.2 Å². The molecule has 218 valence electrons. The van der Waals surface area contributed by atoms with Gasteiger partial charge in [-0.05, 0) is 65.2 Å². The first-order valence-corrected chi connectivity index (χ1v) is 14.1. The van der Waals surface area contributed by atoms with Gasteiger partial charge < -0.3 is 25.3 Å². The Balaban J connectivity index is 1.70. The van der Waals surface area contributed by atoms with Crippen molar-refractivity contribution in [3.63, 3.8) is 0 Å². The molecule has 0 radical (unpaired) electrons. The number of carbonyl (C=O) groups is 2. The summed E-state index contributed by atoms with van der Waals surface area (Å²) in [6, 6.07) is 7.30. The lowest BCUT2D eigenvalue weighted by molar-refractivity contribution is -0.134. The number of carbonyl (C=O) groups excluding carboxylic acids is 2. The summed E-state index contributed by atoms with van der Waals surface area (Å²) in [5.74, 6) is 0.432. The Morgan fingerprint density at radius 2 is 1.85 bits per heavy atom. The fourth-order valence-corrected chi connectivity index (χ4v) is 6.36. The summed E-state index contributed by atoms with van der Waals surface area (Å²) >= 11 is 0. The minimum absolute atomic E-state index is 0.00640. The summed E-state index contributed by atoms with van der Waals surface area (Å²) in [6.45, 7) is 15.7. The van der Waals surface area contributed by atoms with Crippen LogP contribution in [-0.2, 0) is 19.1 Å². The first kappa shape index (κ1) is 29.6. The van der Waals surface area contributed by atoms with Gasteiger partial charge in [0.25, 0.3) is 5.91 Å². The third-order valence-electron chi connectivity index (χ3n) is 8.82. The number of fused-ring (bicyclic) bond motifs is 1. The maximum atomic E-state index is 13.5. The lowest BCUT2D eigenvalue weighted by atomic mass is 9.82. The minimum atomic E-state index is -0.789. The molecule has 3 aliphatic heterocycles. The monoisotopic (exact) mass is 552 g/mol. The highest BCUT2D eigenvalue weighted by molar-refractivity contribution is 6.00. The van der Waals surface area contributed by atoms with E-state index in [1.54, 1.807) is 13.0 Å². The van der Waals surface area contributed by atoms with Gasteiger partial charge >= 0.3 is 0 Å². The Bertz CT molecular complexity index is 1240. The number of primary amides is 1. The summed E-state index contributed by atoms with van der Waals surface area (Å²) < 4.78 is 18.9. The van der Waals surface area contributed by atoms with Crippen LogP contribution in [0.3, 0.4) is 0 Å². The smallest absolute Gasteiger partial charge is 0.252 e. The first-order valence-electron chi connectivity index (χ1n) is 14.1. The summed E-state index contributed by atoms with van der Waals surface area (Å²) in [7, 11) is 0. The van der Waals surface area contributed by atoms with Crippen molar-refractivity contribution in [3.05, 3.63) is 52.8 Å². The van der Waals surface area contributed by atoms with E-state index >= 15 is 0 Å². The highest BCUT2D eigenvalue weighted by atomic mass is 16.6. The van der Waals surface area contributed by atoms with Crippen molar-refractivity contribution in [3.8, 4) is 5.75 Å². The van der Waals surface area contributed by atoms with E-state index in [1.807, 2.05) is 65.8 Å². The van der Waals surface area contributed by atoms with Gasteiger partial charge in [0, 0.05) is 17.0 Å². The molecule has 0 bridgehead atoms. The van der Waals surface area contributed by atoms with E-state index < -0.39 is 28.7 Å². The zero-order chi connectivity index (χ0) is 29.6. The molecule has 1 aromatic rings. The summed E-state index contributed by atoms with van der Waals surface area (Å²) in [4.78, 5) is 27.7. The lowest BCUT2D eigenvalue weighted by Gasteiger charge is -2.46. The van der Waals surface area contributed by atoms with Crippen molar-refractivity contribution in [2.75, 3.05) is 6.61 Å². The zero-order valence-corrected chi connectivity index (χ0v) is 25.0. The fourth-order valence-electron chi connectivity index (χ4n) is 6.36. The average molecular weight is 553 g/mol. The number of nitrogens with one attached hydrogen (secondary N) is 2. The van der Waals surface area contributed by atoms with Crippen LogP contribution in [0.1, 0.15) is 86.1 Å². The molecule has 2 amide bonds. The van der Waals surface area contributed by atoms with Crippen LogP contribution in [-0.4, -0.2) is 58.2 Å². The molecule has 9 heteroatoms. The van der Waals surface area contributed by atoms with Gasteiger partial charge in [-0.25, -0.2) is 0 Å². The van der Waals surface area contributed by atoms with Crippen molar-refractivity contribution in [2.45, 2.75) is 109 Å². The normalized spacial score (nSPS) is 28.4. The van der Waals surface area contributed by atoms with Crippen LogP contribution in [0.4, 0.5) is 0 Å². The Morgan fingerprint density at radius 3 is 2.45 bits per heavy atom. The Hall–Kier alpha value is -3.33. The number of rotatable bonds is 7. The van der Waals surface area contributed by atoms with Gasteiger partial charge in [0.15, 0.2) is 5.96 Å². The molecule has 0 saturated carbocycles. The number of nitrogens with two attached hydrogens (primary N) is 1. The topological polar surface area (TPSA) is 127 Å². The zero-order valence-electron chi connectivity index (χ0n) is 25.0. The summed E-state index contributed by atoms with van der Waals surface area (Å²) in [5.41, 5.74) is 5.91. The number of guanidine groups is 1. The van der Waals surface area contributed by atoms with Crippen LogP contribution in [0, 0.1) is 5.41 Å². The molecular formula is C31H44N4O5. The minimum Gasteiger partial charge on any atom is -0.489 e. The van der Waals surface area contributed by atoms with E-state index in [2.05, 4.69) is 12.2 Å². The van der Waals surface area contributed by atoms with Crippen molar-refractivity contribution in [2.24, 2.45) is 5.73 Å². The third-order valence-corrected chi connectivity index (χ3v) is 8.82. The maximum Gasteiger partial charge on any atom is 0.252 e. The molecule has 3 atom stereocenters. The van der Waals surface area contributed by atoms with E-state index in [9.17, 15) is 9.59 Å². The van der Waals surface area contributed by atoms with Crippen molar-refractivity contribution >= 4 is 17.8 Å². The van der Waals surface area contributed by atoms with Gasteiger partial charge in [-0.1, -0.05) is 39.0 Å². The van der Waals surface area contributed by atoms with E-state index in [0.29, 0.717) is 11.3 Å². The van der Waals surface area contributed by atoms with Crippen LogP contribution in [0.5, 0.6) is 5.75 Å².